The van der Waals surface area contributed by atoms with Gasteiger partial charge in [-0.05, 0) is 42.1 Å². The van der Waals surface area contributed by atoms with E-state index in [0.29, 0.717) is 13.1 Å². The third-order valence-electron chi connectivity index (χ3n) is 3.36. The summed E-state index contributed by atoms with van der Waals surface area (Å²) in [6, 6.07) is 5.87. The smallest absolute Gasteiger partial charge is 0.227 e. The monoisotopic (exact) mass is 283 g/mol. The third-order valence-corrected chi connectivity index (χ3v) is 3.67. The zero-order chi connectivity index (χ0) is 13.8. The number of carbonyl (C=O) groups excluding carboxylic acids is 2. The van der Waals surface area contributed by atoms with Crippen LogP contribution in [-0.2, 0) is 16.0 Å². The van der Waals surface area contributed by atoms with Gasteiger partial charge in [-0.1, -0.05) is 12.1 Å². The summed E-state index contributed by atoms with van der Waals surface area (Å²) >= 11 is 5.49. The van der Waals surface area contributed by atoms with Crippen molar-refractivity contribution >= 4 is 22.8 Å². The van der Waals surface area contributed by atoms with E-state index in [1.54, 1.807) is 17.0 Å². The Kier molecular flexibility index (Phi) is 4.53. The number of benzene rings is 1. The highest BCUT2D eigenvalue weighted by Crippen LogP contribution is 2.19. The van der Waals surface area contributed by atoms with Crippen LogP contribution < -0.4 is 0 Å². The number of rotatable bonds is 3. The summed E-state index contributed by atoms with van der Waals surface area (Å²) in [5.41, 5.74) is 0.769. The van der Waals surface area contributed by atoms with Crippen LogP contribution in [0.2, 0.25) is 0 Å². The SMILES string of the molecule is O=C(Cl)C1CCCN(C(=O)Cc2ccc(F)cc2)C1. The lowest BCUT2D eigenvalue weighted by Gasteiger charge is -2.31. The first-order valence-corrected chi connectivity index (χ1v) is 6.65. The predicted octanol–water partition coefficient (Wildman–Crippen LogP) is 2.37. The second-order valence-electron chi connectivity index (χ2n) is 4.79. The molecule has 0 aliphatic carbocycles. The van der Waals surface area contributed by atoms with Crippen LogP contribution in [0.1, 0.15) is 18.4 Å². The van der Waals surface area contributed by atoms with Crippen LogP contribution in [0.3, 0.4) is 0 Å². The topological polar surface area (TPSA) is 37.4 Å². The average molecular weight is 284 g/mol. The molecule has 1 aliphatic rings. The molecule has 1 atom stereocenters. The molecule has 1 fully saturated rings. The Labute approximate surface area is 116 Å². The van der Waals surface area contributed by atoms with Crippen molar-refractivity contribution in [1.82, 2.24) is 4.90 Å². The van der Waals surface area contributed by atoms with Gasteiger partial charge in [0.05, 0.1) is 12.3 Å². The van der Waals surface area contributed by atoms with Gasteiger partial charge >= 0.3 is 0 Å². The van der Waals surface area contributed by atoms with Gasteiger partial charge < -0.3 is 4.90 Å². The molecule has 2 rings (SSSR count). The van der Waals surface area contributed by atoms with E-state index in [1.807, 2.05) is 0 Å². The molecule has 1 saturated heterocycles. The summed E-state index contributed by atoms with van der Waals surface area (Å²) in [4.78, 5) is 24.9. The molecule has 0 aromatic heterocycles. The van der Waals surface area contributed by atoms with E-state index < -0.39 is 0 Å². The fraction of sp³-hybridized carbons (Fsp3) is 0.429. The van der Waals surface area contributed by atoms with E-state index in [4.69, 9.17) is 11.6 Å². The van der Waals surface area contributed by atoms with E-state index in [0.717, 1.165) is 18.4 Å². The molecule has 1 aliphatic heterocycles. The van der Waals surface area contributed by atoms with Gasteiger partial charge in [0.2, 0.25) is 11.1 Å². The Balaban J connectivity index is 1.96. The zero-order valence-electron chi connectivity index (χ0n) is 10.4. The van der Waals surface area contributed by atoms with Crippen LogP contribution >= 0.6 is 11.6 Å². The molecule has 102 valence electrons. The maximum absolute atomic E-state index is 12.8. The molecule has 5 heteroatoms. The van der Waals surface area contributed by atoms with Crippen molar-refractivity contribution in [3.63, 3.8) is 0 Å². The molecule has 1 aromatic carbocycles. The van der Waals surface area contributed by atoms with Gasteiger partial charge in [0, 0.05) is 13.1 Å². The lowest BCUT2D eigenvalue weighted by atomic mass is 9.99. The molecule has 1 heterocycles. The Hall–Kier alpha value is -1.42. The minimum Gasteiger partial charge on any atom is -0.342 e. The molecule has 0 bridgehead atoms. The molecule has 1 amide bonds. The molecule has 3 nitrogen and oxygen atoms in total. The summed E-state index contributed by atoms with van der Waals surface area (Å²) in [6.07, 6.45) is 1.75. The van der Waals surface area contributed by atoms with Gasteiger partial charge in [0.25, 0.3) is 0 Å². The largest absolute Gasteiger partial charge is 0.342 e. The normalized spacial score (nSPS) is 19.3. The van der Waals surface area contributed by atoms with Gasteiger partial charge in [-0.15, -0.1) is 0 Å². The molecule has 1 unspecified atom stereocenters. The predicted molar refractivity (Wildman–Crippen MR) is 70.3 cm³/mol. The standard InChI is InChI=1S/C14H15ClFNO2/c15-14(19)11-2-1-7-17(9-11)13(18)8-10-3-5-12(16)6-4-10/h3-6,11H,1-2,7-9H2. The number of amides is 1. The lowest BCUT2D eigenvalue weighted by Crippen LogP contribution is -2.42. The second-order valence-corrected chi connectivity index (χ2v) is 5.16. The molecule has 0 spiro atoms. The maximum Gasteiger partial charge on any atom is 0.227 e. The van der Waals surface area contributed by atoms with Crippen LogP contribution in [0.5, 0.6) is 0 Å². The van der Waals surface area contributed by atoms with Crippen molar-refractivity contribution in [2.45, 2.75) is 19.3 Å². The second kappa shape index (κ2) is 6.15. The van der Waals surface area contributed by atoms with E-state index in [1.165, 1.54) is 12.1 Å². The first-order valence-electron chi connectivity index (χ1n) is 6.28. The number of piperidine rings is 1. The van der Waals surface area contributed by atoms with E-state index >= 15 is 0 Å². The Bertz CT molecular complexity index is 475. The third kappa shape index (κ3) is 3.77. The van der Waals surface area contributed by atoms with Gasteiger partial charge in [0.1, 0.15) is 5.82 Å². The number of carbonyl (C=O) groups is 2. The quantitative estimate of drug-likeness (QED) is 0.799. The summed E-state index contributed by atoms with van der Waals surface area (Å²) in [7, 11) is 0. The molecule has 1 aromatic rings. The van der Waals surface area contributed by atoms with Crippen LogP contribution in [0.4, 0.5) is 4.39 Å². The number of hydrogen-bond acceptors (Lipinski definition) is 2. The molecule has 0 N–H and O–H groups in total. The minimum atomic E-state index is -0.376. The van der Waals surface area contributed by atoms with Crippen molar-refractivity contribution in [2.24, 2.45) is 5.92 Å². The van der Waals surface area contributed by atoms with Gasteiger partial charge in [-0.2, -0.15) is 0 Å². The van der Waals surface area contributed by atoms with E-state index in [-0.39, 0.29) is 29.3 Å². The van der Waals surface area contributed by atoms with E-state index in [2.05, 4.69) is 0 Å². The molecule has 19 heavy (non-hydrogen) atoms. The zero-order valence-corrected chi connectivity index (χ0v) is 11.2. The van der Waals surface area contributed by atoms with Crippen molar-refractivity contribution in [2.75, 3.05) is 13.1 Å². The number of likely N-dealkylation sites (tertiary alicyclic amines) is 1. The first-order chi connectivity index (χ1) is 9.06. The fourth-order valence-corrected chi connectivity index (χ4v) is 2.46. The molecule has 0 saturated carbocycles. The molecule has 0 radical (unpaired) electrons. The average Bonchev–Trinajstić information content (AvgIpc) is 2.41. The summed E-state index contributed by atoms with van der Waals surface area (Å²) < 4.78 is 12.8. The number of halogens is 2. The van der Waals surface area contributed by atoms with Crippen molar-refractivity contribution in [1.29, 1.82) is 0 Å². The molecular formula is C14H15ClFNO2. The summed E-state index contributed by atoms with van der Waals surface area (Å²) in [6.45, 7) is 1.04. The van der Waals surface area contributed by atoms with E-state index in [9.17, 15) is 14.0 Å². The van der Waals surface area contributed by atoms with Crippen molar-refractivity contribution in [3.05, 3.63) is 35.6 Å². The van der Waals surface area contributed by atoms with Gasteiger partial charge in [-0.25, -0.2) is 4.39 Å². The maximum atomic E-state index is 12.8. The van der Waals surface area contributed by atoms with Gasteiger partial charge in [0.15, 0.2) is 0 Å². The number of nitrogens with zero attached hydrogens (tertiary/aromatic N) is 1. The Morgan fingerprint density at radius 1 is 1.32 bits per heavy atom. The highest BCUT2D eigenvalue weighted by atomic mass is 35.5. The van der Waals surface area contributed by atoms with Gasteiger partial charge in [-0.3, -0.25) is 9.59 Å². The molecular weight excluding hydrogens is 269 g/mol. The van der Waals surface area contributed by atoms with Crippen LogP contribution in [0.25, 0.3) is 0 Å². The highest BCUT2D eigenvalue weighted by molar-refractivity contribution is 6.64. The van der Waals surface area contributed by atoms with Crippen molar-refractivity contribution < 1.29 is 14.0 Å². The van der Waals surface area contributed by atoms with Crippen molar-refractivity contribution in [3.8, 4) is 0 Å². The first kappa shape index (κ1) is 14.0. The number of hydrogen-bond donors (Lipinski definition) is 0. The lowest BCUT2D eigenvalue weighted by molar-refractivity contribution is -0.133. The Morgan fingerprint density at radius 3 is 2.63 bits per heavy atom. The highest BCUT2D eigenvalue weighted by Gasteiger charge is 2.27. The fourth-order valence-electron chi connectivity index (χ4n) is 2.28. The van der Waals surface area contributed by atoms with Crippen LogP contribution in [0, 0.1) is 11.7 Å². The summed E-state index contributed by atoms with van der Waals surface area (Å²) in [5.74, 6) is -0.621. The van der Waals surface area contributed by atoms with Crippen LogP contribution in [0.15, 0.2) is 24.3 Å². The Morgan fingerprint density at radius 2 is 2.00 bits per heavy atom. The minimum absolute atomic E-state index is 0.0470. The van der Waals surface area contributed by atoms with Crippen LogP contribution in [-0.4, -0.2) is 29.1 Å². The summed E-state index contributed by atoms with van der Waals surface area (Å²) in [5, 5.41) is -0.376.